The summed E-state index contributed by atoms with van der Waals surface area (Å²) in [5.41, 5.74) is 2.01. The molecule has 1 saturated heterocycles. The van der Waals surface area contributed by atoms with Gasteiger partial charge in [0, 0.05) is 21.8 Å². The fourth-order valence-electron chi connectivity index (χ4n) is 4.66. The average Bonchev–Trinajstić information content (AvgIpc) is 3.27. The van der Waals surface area contributed by atoms with Gasteiger partial charge in [-0.25, -0.2) is 0 Å². The van der Waals surface area contributed by atoms with Crippen molar-refractivity contribution in [3.05, 3.63) is 78.9 Å². The first-order chi connectivity index (χ1) is 15.4. The number of rotatable bonds is 2. The Labute approximate surface area is 188 Å². The van der Waals surface area contributed by atoms with Crippen LogP contribution in [-0.2, 0) is 9.31 Å². The highest BCUT2D eigenvalue weighted by atomic mass is 16.7. The predicted octanol–water partition coefficient (Wildman–Crippen LogP) is 6.71. The molecule has 0 aliphatic carbocycles. The molecule has 3 nitrogen and oxygen atoms in total. The van der Waals surface area contributed by atoms with E-state index in [-0.39, 0.29) is 0 Å². The van der Waals surface area contributed by atoms with Crippen molar-refractivity contribution in [2.75, 3.05) is 0 Å². The van der Waals surface area contributed by atoms with Crippen molar-refractivity contribution in [3.8, 4) is 11.3 Å². The molecule has 0 N–H and O–H groups in total. The van der Waals surface area contributed by atoms with Gasteiger partial charge in [-0.05, 0) is 43.9 Å². The van der Waals surface area contributed by atoms with E-state index in [0.717, 1.165) is 43.9 Å². The fraction of sp³-hybridized carbons (Fsp3) is 0.214. The van der Waals surface area contributed by atoms with Crippen LogP contribution in [0.3, 0.4) is 0 Å². The summed E-state index contributed by atoms with van der Waals surface area (Å²) < 4.78 is 19.7. The molecule has 1 aromatic heterocycles. The van der Waals surface area contributed by atoms with Crippen LogP contribution in [0.2, 0.25) is 0 Å². The summed E-state index contributed by atoms with van der Waals surface area (Å²) in [5, 5.41) is 5.60. The van der Waals surface area contributed by atoms with Crippen LogP contribution in [0.4, 0.5) is 0 Å². The topological polar surface area (TPSA) is 31.6 Å². The molecule has 1 fully saturated rings. The lowest BCUT2D eigenvalue weighted by atomic mass is 9.75. The first-order valence-electron chi connectivity index (χ1n) is 11.1. The standard InChI is InChI=1S/C28H25BO3/c1-27(2)28(3,4)32-29(31-27)24-23-17-16-19-11-6-8-14-21(19)25(23)30-26(24)22-15-9-12-18-10-5-7-13-20(18)22/h5-17H,1-4H3. The monoisotopic (exact) mass is 420 g/mol. The molecule has 6 rings (SSSR count). The summed E-state index contributed by atoms with van der Waals surface area (Å²) in [6, 6.07) is 27.4. The van der Waals surface area contributed by atoms with Gasteiger partial charge < -0.3 is 13.7 Å². The minimum Gasteiger partial charge on any atom is -0.456 e. The molecular formula is C28H25BO3. The second-order valence-corrected chi connectivity index (χ2v) is 9.62. The molecule has 4 aromatic carbocycles. The van der Waals surface area contributed by atoms with Gasteiger partial charge in [0.25, 0.3) is 0 Å². The Morgan fingerprint density at radius 3 is 1.91 bits per heavy atom. The molecule has 5 aromatic rings. The predicted molar refractivity (Wildman–Crippen MR) is 132 cm³/mol. The minimum atomic E-state index is -0.517. The Kier molecular flexibility index (Phi) is 4.11. The average molecular weight is 420 g/mol. The zero-order valence-corrected chi connectivity index (χ0v) is 18.8. The van der Waals surface area contributed by atoms with Gasteiger partial charge in [-0.15, -0.1) is 0 Å². The number of benzene rings is 4. The summed E-state index contributed by atoms with van der Waals surface area (Å²) in [4.78, 5) is 0. The van der Waals surface area contributed by atoms with E-state index in [9.17, 15) is 0 Å². The van der Waals surface area contributed by atoms with Gasteiger partial charge in [0.05, 0.1) is 11.2 Å². The Morgan fingerprint density at radius 2 is 1.19 bits per heavy atom. The maximum atomic E-state index is 6.70. The Morgan fingerprint density at radius 1 is 0.594 bits per heavy atom. The lowest BCUT2D eigenvalue weighted by Gasteiger charge is -2.32. The zero-order chi connectivity index (χ0) is 22.1. The van der Waals surface area contributed by atoms with Crippen LogP contribution in [0.5, 0.6) is 0 Å². The van der Waals surface area contributed by atoms with Crippen LogP contribution in [-0.4, -0.2) is 18.3 Å². The van der Waals surface area contributed by atoms with Crippen LogP contribution in [0.25, 0.3) is 43.8 Å². The second kappa shape index (κ2) is 6.71. The van der Waals surface area contributed by atoms with Gasteiger partial charge in [-0.3, -0.25) is 0 Å². The van der Waals surface area contributed by atoms with Crippen LogP contribution in [0, 0.1) is 0 Å². The maximum Gasteiger partial charge on any atom is 0.499 e. The summed E-state index contributed by atoms with van der Waals surface area (Å²) >= 11 is 0. The number of fused-ring (bicyclic) bond motifs is 4. The summed E-state index contributed by atoms with van der Waals surface area (Å²) in [6.45, 7) is 8.34. The van der Waals surface area contributed by atoms with Gasteiger partial charge in [0.2, 0.25) is 0 Å². The van der Waals surface area contributed by atoms with Crippen LogP contribution in [0.15, 0.2) is 83.3 Å². The fourth-order valence-corrected chi connectivity index (χ4v) is 4.66. The van der Waals surface area contributed by atoms with Crippen molar-refractivity contribution >= 4 is 45.1 Å². The van der Waals surface area contributed by atoms with E-state index < -0.39 is 18.3 Å². The highest BCUT2D eigenvalue weighted by molar-refractivity contribution is 6.67. The highest BCUT2D eigenvalue weighted by Crippen LogP contribution is 2.41. The molecule has 0 spiro atoms. The van der Waals surface area contributed by atoms with Gasteiger partial charge in [0.15, 0.2) is 0 Å². The molecule has 32 heavy (non-hydrogen) atoms. The Balaban J connectivity index is 1.69. The lowest BCUT2D eigenvalue weighted by Crippen LogP contribution is -2.41. The molecule has 1 aliphatic rings. The van der Waals surface area contributed by atoms with Crippen LogP contribution < -0.4 is 5.46 Å². The van der Waals surface area contributed by atoms with Crippen molar-refractivity contribution in [2.45, 2.75) is 38.9 Å². The molecule has 0 saturated carbocycles. The molecule has 158 valence electrons. The normalized spacial score (nSPS) is 17.6. The van der Waals surface area contributed by atoms with Gasteiger partial charge in [-0.2, -0.15) is 0 Å². The highest BCUT2D eigenvalue weighted by Gasteiger charge is 2.53. The van der Waals surface area contributed by atoms with Crippen LogP contribution in [0.1, 0.15) is 27.7 Å². The first kappa shape index (κ1) is 19.6. The third-order valence-corrected chi connectivity index (χ3v) is 7.14. The molecule has 0 radical (unpaired) electrons. The molecular weight excluding hydrogens is 395 g/mol. The lowest BCUT2D eigenvalue weighted by molar-refractivity contribution is 0.00578. The zero-order valence-electron chi connectivity index (χ0n) is 18.8. The Hall–Kier alpha value is -3.08. The van der Waals surface area contributed by atoms with E-state index in [4.69, 9.17) is 13.7 Å². The van der Waals surface area contributed by atoms with E-state index >= 15 is 0 Å². The van der Waals surface area contributed by atoms with E-state index in [1.54, 1.807) is 0 Å². The van der Waals surface area contributed by atoms with E-state index in [1.807, 2.05) is 0 Å². The number of furan rings is 1. The molecule has 2 heterocycles. The number of hydrogen-bond donors (Lipinski definition) is 0. The first-order valence-corrected chi connectivity index (χ1v) is 11.1. The van der Waals surface area contributed by atoms with Gasteiger partial charge in [-0.1, -0.05) is 78.9 Å². The van der Waals surface area contributed by atoms with Crippen molar-refractivity contribution in [1.82, 2.24) is 0 Å². The van der Waals surface area contributed by atoms with Crippen molar-refractivity contribution in [2.24, 2.45) is 0 Å². The quantitative estimate of drug-likeness (QED) is 0.298. The second-order valence-electron chi connectivity index (χ2n) is 9.62. The van der Waals surface area contributed by atoms with Crippen LogP contribution >= 0.6 is 0 Å². The van der Waals surface area contributed by atoms with Crippen molar-refractivity contribution in [3.63, 3.8) is 0 Å². The summed E-state index contributed by atoms with van der Waals surface area (Å²) in [7, 11) is -0.517. The van der Waals surface area contributed by atoms with Crippen molar-refractivity contribution in [1.29, 1.82) is 0 Å². The largest absolute Gasteiger partial charge is 0.499 e. The smallest absolute Gasteiger partial charge is 0.456 e. The van der Waals surface area contributed by atoms with Gasteiger partial charge in [0.1, 0.15) is 11.3 Å². The van der Waals surface area contributed by atoms with Crippen molar-refractivity contribution < 1.29 is 13.7 Å². The Bertz CT molecular complexity index is 1470. The SMILES string of the molecule is CC1(C)OB(c2c(-c3cccc4ccccc34)oc3c2ccc2ccccc23)OC1(C)C. The molecule has 0 unspecified atom stereocenters. The third kappa shape index (κ3) is 2.76. The molecule has 0 bridgehead atoms. The van der Waals surface area contributed by atoms with E-state index in [1.165, 1.54) is 5.39 Å². The molecule has 0 atom stereocenters. The molecule has 0 amide bonds. The molecule has 4 heteroatoms. The third-order valence-electron chi connectivity index (χ3n) is 7.14. The maximum absolute atomic E-state index is 6.70. The van der Waals surface area contributed by atoms with Gasteiger partial charge >= 0.3 is 7.12 Å². The van der Waals surface area contributed by atoms with E-state index in [0.29, 0.717) is 0 Å². The summed E-state index contributed by atoms with van der Waals surface area (Å²) in [6.07, 6.45) is 0. The molecule has 1 aliphatic heterocycles. The summed E-state index contributed by atoms with van der Waals surface area (Å²) in [5.74, 6) is 0.812. The van der Waals surface area contributed by atoms with E-state index in [2.05, 4.69) is 107 Å². The minimum absolute atomic E-state index is 0.436. The number of hydrogen-bond acceptors (Lipinski definition) is 3.